The Morgan fingerprint density at radius 2 is 2.00 bits per heavy atom. The Bertz CT molecular complexity index is 563. The molecular weight excluding hydrogens is 284 g/mol. The lowest BCUT2D eigenvalue weighted by Crippen LogP contribution is -2.63. The quantitative estimate of drug-likeness (QED) is 0.827. The van der Waals surface area contributed by atoms with Gasteiger partial charge < -0.3 is 10.2 Å². The maximum Gasteiger partial charge on any atom is 0.0964 e. The van der Waals surface area contributed by atoms with Gasteiger partial charge in [-0.15, -0.1) is 0 Å². The minimum atomic E-state index is -1.09. The van der Waals surface area contributed by atoms with Gasteiger partial charge in [-0.05, 0) is 74.6 Å². The van der Waals surface area contributed by atoms with Crippen molar-refractivity contribution in [3.8, 4) is 0 Å². The monoisotopic (exact) mass is 308 g/mol. The second-order valence-electron chi connectivity index (χ2n) is 7.65. The molecule has 1 aromatic carbocycles. The summed E-state index contributed by atoms with van der Waals surface area (Å²) in [7, 11) is 0. The largest absolute Gasteiger partial charge is 0.387 e. The van der Waals surface area contributed by atoms with Crippen LogP contribution >= 0.6 is 11.6 Å². The van der Waals surface area contributed by atoms with Crippen LogP contribution in [0.5, 0.6) is 0 Å². The summed E-state index contributed by atoms with van der Waals surface area (Å²) in [5, 5.41) is 22.6. The first-order valence-corrected chi connectivity index (χ1v) is 8.30. The van der Waals surface area contributed by atoms with Crippen LogP contribution in [-0.4, -0.2) is 21.4 Å². The van der Waals surface area contributed by atoms with Crippen LogP contribution in [0.25, 0.3) is 0 Å². The van der Waals surface area contributed by atoms with Crippen molar-refractivity contribution in [2.45, 2.75) is 69.5 Å². The van der Waals surface area contributed by atoms with Gasteiger partial charge in [0.25, 0.3) is 0 Å². The van der Waals surface area contributed by atoms with E-state index in [0.29, 0.717) is 6.42 Å². The lowest BCUT2D eigenvalue weighted by atomic mass is 9.50. The first kappa shape index (κ1) is 15.3. The molecule has 3 heteroatoms. The van der Waals surface area contributed by atoms with E-state index < -0.39 is 11.2 Å². The first-order valence-electron chi connectivity index (χ1n) is 7.92. The Labute approximate surface area is 132 Å². The molecule has 0 saturated heterocycles. The SMILES string of the molecule is CC(C)(O)[C@]1(O)CCC[C@]2(C)c3cc(Cl)ccc3CC[C@H]21. The van der Waals surface area contributed by atoms with E-state index in [1.54, 1.807) is 13.8 Å². The summed E-state index contributed by atoms with van der Waals surface area (Å²) in [5.41, 5.74) is 0.396. The van der Waals surface area contributed by atoms with Crippen LogP contribution in [0.15, 0.2) is 18.2 Å². The summed E-state index contributed by atoms with van der Waals surface area (Å²) in [5.74, 6) is 0.0738. The maximum absolute atomic E-state index is 11.3. The molecule has 116 valence electrons. The van der Waals surface area contributed by atoms with Crippen molar-refractivity contribution in [1.82, 2.24) is 0 Å². The predicted octanol–water partition coefficient (Wildman–Crippen LogP) is 3.85. The molecule has 0 heterocycles. The van der Waals surface area contributed by atoms with Crippen LogP contribution in [0.3, 0.4) is 0 Å². The number of aryl methyl sites for hydroxylation is 1. The van der Waals surface area contributed by atoms with Crippen molar-refractivity contribution in [2.75, 3.05) is 0 Å². The second-order valence-corrected chi connectivity index (χ2v) is 8.08. The Hall–Kier alpha value is -0.570. The molecule has 0 spiro atoms. The number of rotatable bonds is 1. The van der Waals surface area contributed by atoms with E-state index in [9.17, 15) is 10.2 Å². The van der Waals surface area contributed by atoms with Crippen LogP contribution in [0.2, 0.25) is 5.02 Å². The molecule has 3 atom stereocenters. The third kappa shape index (κ3) is 2.15. The van der Waals surface area contributed by atoms with Gasteiger partial charge in [-0.25, -0.2) is 0 Å². The zero-order valence-corrected chi connectivity index (χ0v) is 13.9. The molecule has 1 saturated carbocycles. The fourth-order valence-electron chi connectivity index (χ4n) is 4.81. The van der Waals surface area contributed by atoms with Crippen LogP contribution in [0.1, 0.15) is 57.6 Å². The van der Waals surface area contributed by atoms with E-state index >= 15 is 0 Å². The number of hydrogen-bond acceptors (Lipinski definition) is 2. The molecule has 2 aliphatic carbocycles. The van der Waals surface area contributed by atoms with Crippen LogP contribution in [0.4, 0.5) is 0 Å². The number of halogens is 1. The zero-order valence-electron chi connectivity index (χ0n) is 13.1. The van der Waals surface area contributed by atoms with Gasteiger partial charge in [-0.2, -0.15) is 0 Å². The van der Waals surface area contributed by atoms with Gasteiger partial charge in [0, 0.05) is 10.9 Å². The summed E-state index contributed by atoms with van der Waals surface area (Å²) < 4.78 is 0. The van der Waals surface area contributed by atoms with Crippen LogP contribution in [-0.2, 0) is 11.8 Å². The third-order valence-corrected chi connectivity index (χ3v) is 6.28. The highest BCUT2D eigenvalue weighted by Gasteiger charge is 2.58. The van der Waals surface area contributed by atoms with E-state index in [-0.39, 0.29) is 11.3 Å². The maximum atomic E-state index is 11.3. The molecule has 0 aromatic heterocycles. The van der Waals surface area contributed by atoms with Gasteiger partial charge in [0.1, 0.15) is 0 Å². The molecule has 2 N–H and O–H groups in total. The van der Waals surface area contributed by atoms with Crippen molar-refractivity contribution >= 4 is 11.6 Å². The number of hydrogen-bond donors (Lipinski definition) is 2. The van der Waals surface area contributed by atoms with E-state index in [0.717, 1.165) is 30.7 Å². The average molecular weight is 309 g/mol. The average Bonchev–Trinajstić information content (AvgIpc) is 2.38. The molecule has 1 fully saturated rings. The number of benzene rings is 1. The van der Waals surface area contributed by atoms with Gasteiger partial charge in [-0.1, -0.05) is 24.6 Å². The van der Waals surface area contributed by atoms with E-state index in [1.165, 1.54) is 11.1 Å². The van der Waals surface area contributed by atoms with E-state index in [2.05, 4.69) is 19.1 Å². The topological polar surface area (TPSA) is 40.5 Å². The molecule has 3 rings (SSSR count). The number of aliphatic hydroxyl groups is 2. The van der Waals surface area contributed by atoms with Crippen molar-refractivity contribution < 1.29 is 10.2 Å². The van der Waals surface area contributed by atoms with Gasteiger partial charge in [0.2, 0.25) is 0 Å². The first-order chi connectivity index (χ1) is 9.68. The predicted molar refractivity (Wildman–Crippen MR) is 85.7 cm³/mol. The van der Waals surface area contributed by atoms with Crippen molar-refractivity contribution in [3.05, 3.63) is 34.3 Å². The molecule has 2 aliphatic rings. The highest BCUT2D eigenvalue weighted by molar-refractivity contribution is 6.30. The van der Waals surface area contributed by atoms with Crippen molar-refractivity contribution in [3.63, 3.8) is 0 Å². The highest BCUT2D eigenvalue weighted by atomic mass is 35.5. The molecule has 0 aliphatic heterocycles. The Balaban J connectivity index is 2.13. The molecule has 2 nitrogen and oxygen atoms in total. The lowest BCUT2D eigenvalue weighted by Gasteiger charge is -2.58. The summed E-state index contributed by atoms with van der Waals surface area (Å²) in [6.45, 7) is 5.72. The Morgan fingerprint density at radius 3 is 2.67 bits per heavy atom. The molecular formula is C18H25ClO2. The van der Waals surface area contributed by atoms with Gasteiger partial charge in [0.05, 0.1) is 11.2 Å². The normalized spacial score (nSPS) is 36.0. The minimum absolute atomic E-state index is 0.0738. The Kier molecular flexibility index (Phi) is 3.44. The molecule has 21 heavy (non-hydrogen) atoms. The van der Waals surface area contributed by atoms with Crippen LogP contribution in [0, 0.1) is 5.92 Å². The molecule has 0 unspecified atom stereocenters. The van der Waals surface area contributed by atoms with Gasteiger partial charge >= 0.3 is 0 Å². The van der Waals surface area contributed by atoms with Gasteiger partial charge in [0.15, 0.2) is 0 Å². The van der Waals surface area contributed by atoms with Crippen molar-refractivity contribution in [1.29, 1.82) is 0 Å². The van der Waals surface area contributed by atoms with Gasteiger partial charge in [-0.3, -0.25) is 0 Å². The zero-order chi connectivity index (χ0) is 15.5. The fourth-order valence-corrected chi connectivity index (χ4v) is 4.98. The van der Waals surface area contributed by atoms with E-state index in [4.69, 9.17) is 11.6 Å². The summed E-state index contributed by atoms with van der Waals surface area (Å²) in [6, 6.07) is 6.14. The third-order valence-electron chi connectivity index (χ3n) is 6.05. The fraction of sp³-hybridized carbons (Fsp3) is 0.667. The number of fused-ring (bicyclic) bond motifs is 3. The summed E-state index contributed by atoms with van der Waals surface area (Å²) >= 11 is 6.22. The summed E-state index contributed by atoms with van der Waals surface area (Å²) in [4.78, 5) is 0. The smallest absolute Gasteiger partial charge is 0.0964 e. The summed E-state index contributed by atoms with van der Waals surface area (Å²) in [6.07, 6.45) is 4.52. The standard InChI is InChI=1S/C18H25ClO2/c1-16(2,20)18(21)10-4-9-17(3)14-11-13(19)7-5-12(14)6-8-15(17)18/h5,7,11,15,20-21H,4,6,8-10H2,1-3H3/t15-,17-,18+/m1/s1. The Morgan fingerprint density at radius 1 is 1.29 bits per heavy atom. The molecule has 0 radical (unpaired) electrons. The molecule has 1 aromatic rings. The highest BCUT2D eigenvalue weighted by Crippen LogP contribution is 2.56. The van der Waals surface area contributed by atoms with Crippen LogP contribution < -0.4 is 0 Å². The molecule has 0 amide bonds. The van der Waals surface area contributed by atoms with E-state index in [1.807, 2.05) is 6.07 Å². The lowest BCUT2D eigenvalue weighted by molar-refractivity contribution is -0.199. The van der Waals surface area contributed by atoms with Crippen molar-refractivity contribution in [2.24, 2.45) is 5.92 Å². The molecule has 0 bridgehead atoms. The second kappa shape index (κ2) is 4.71. The minimum Gasteiger partial charge on any atom is -0.387 e.